The minimum absolute atomic E-state index is 0.000410. The summed E-state index contributed by atoms with van der Waals surface area (Å²) in [4.78, 5) is 84.5. The number of ether oxygens (including phenoxy) is 11. The molecule has 5 rings (SSSR count). The molecule has 2 aliphatic heterocycles. The summed E-state index contributed by atoms with van der Waals surface area (Å²) in [7, 11) is 0. The van der Waals surface area contributed by atoms with Crippen molar-refractivity contribution in [2.75, 3.05) is 39.6 Å². The second-order valence-electron chi connectivity index (χ2n) is 13.0. The van der Waals surface area contributed by atoms with Gasteiger partial charge in [0.05, 0.1) is 56.3 Å². The molecule has 0 aromatic heterocycles. The number of esters is 5. The lowest BCUT2D eigenvalue weighted by Crippen LogP contribution is -2.36. The average molecular weight is 847 g/mol. The minimum atomic E-state index is -0.939. The van der Waals surface area contributed by atoms with Crippen LogP contribution in [0, 0.1) is 0 Å². The van der Waals surface area contributed by atoms with Crippen LogP contribution in [0.2, 0.25) is 0 Å². The van der Waals surface area contributed by atoms with E-state index in [-0.39, 0.29) is 73.6 Å². The molecule has 0 spiro atoms. The molecule has 2 saturated heterocycles. The van der Waals surface area contributed by atoms with Crippen molar-refractivity contribution in [1.29, 1.82) is 0 Å². The van der Waals surface area contributed by atoms with Gasteiger partial charge in [0.25, 0.3) is 0 Å². The Kier molecular flexibility index (Phi) is 16.9. The summed E-state index contributed by atoms with van der Waals surface area (Å²) in [6, 6.07) is 16.9. The first-order chi connectivity index (χ1) is 29.5. The fourth-order valence-electron chi connectivity index (χ4n) is 5.62. The molecule has 0 amide bonds. The molecule has 0 saturated carbocycles. The Hall–Kier alpha value is -7.05. The molecule has 2 unspecified atom stereocenters. The van der Waals surface area contributed by atoms with E-state index in [2.05, 4.69) is 13.2 Å². The van der Waals surface area contributed by atoms with E-state index in [4.69, 9.17) is 52.1 Å². The molecule has 3 aromatic rings. The third kappa shape index (κ3) is 14.0. The first kappa shape index (κ1) is 45.0. The van der Waals surface area contributed by atoms with Crippen LogP contribution in [0.15, 0.2) is 98.1 Å². The average Bonchev–Trinajstić information content (AvgIpc) is 3.86. The van der Waals surface area contributed by atoms with Crippen molar-refractivity contribution in [3.05, 3.63) is 115 Å². The molecular formula is C43H42O18. The van der Waals surface area contributed by atoms with E-state index in [1.807, 2.05) is 0 Å². The predicted molar refractivity (Wildman–Crippen MR) is 207 cm³/mol. The van der Waals surface area contributed by atoms with Crippen molar-refractivity contribution >= 4 is 42.2 Å². The Balaban J connectivity index is 0.991. The van der Waals surface area contributed by atoms with Crippen LogP contribution in [-0.4, -0.2) is 106 Å². The highest BCUT2D eigenvalue weighted by molar-refractivity contribution is 5.92. The van der Waals surface area contributed by atoms with Gasteiger partial charge in [0.1, 0.15) is 29.5 Å². The van der Waals surface area contributed by atoms with Crippen molar-refractivity contribution in [2.45, 2.75) is 50.1 Å². The summed E-state index contributed by atoms with van der Waals surface area (Å²) in [6.07, 6.45) is -0.864. The smallest absolute Gasteiger partial charge is 0.463 e. The normalized spacial score (nSPS) is 17.4. The van der Waals surface area contributed by atoms with E-state index in [0.29, 0.717) is 25.7 Å². The first-order valence-electron chi connectivity index (χ1n) is 19.0. The zero-order chi connectivity index (χ0) is 43.6. The Bertz CT molecular complexity index is 2030. The molecule has 2 aliphatic rings. The van der Waals surface area contributed by atoms with Crippen LogP contribution in [0.5, 0.6) is 17.2 Å². The number of rotatable bonds is 20. The van der Waals surface area contributed by atoms with Gasteiger partial charge in [0.2, 0.25) is 0 Å². The van der Waals surface area contributed by atoms with Gasteiger partial charge < -0.3 is 52.1 Å². The van der Waals surface area contributed by atoms with Crippen molar-refractivity contribution < 1.29 is 85.7 Å². The second-order valence-corrected chi connectivity index (χ2v) is 13.0. The zero-order valence-electron chi connectivity index (χ0n) is 32.7. The maximum atomic E-state index is 13.0. The Labute approximate surface area is 349 Å². The summed E-state index contributed by atoms with van der Waals surface area (Å²) in [5.74, 6) is -2.71. The molecule has 2 fully saturated rings. The fraction of sp³-hybridized carbons (Fsp3) is 0.326. The first-order valence-corrected chi connectivity index (χ1v) is 19.0. The molecule has 18 nitrogen and oxygen atoms in total. The lowest BCUT2D eigenvalue weighted by atomic mass is 10.1. The van der Waals surface area contributed by atoms with Crippen molar-refractivity contribution in [1.82, 2.24) is 0 Å². The van der Waals surface area contributed by atoms with Gasteiger partial charge in [-0.1, -0.05) is 13.2 Å². The van der Waals surface area contributed by atoms with E-state index in [0.717, 1.165) is 12.2 Å². The van der Waals surface area contributed by atoms with Crippen molar-refractivity contribution in [3.63, 3.8) is 0 Å². The van der Waals surface area contributed by atoms with E-state index >= 15 is 0 Å². The Morgan fingerprint density at radius 2 is 0.803 bits per heavy atom. The van der Waals surface area contributed by atoms with Gasteiger partial charge in [-0.2, -0.15) is 0 Å². The summed E-state index contributed by atoms with van der Waals surface area (Å²) >= 11 is 0. The van der Waals surface area contributed by atoms with Gasteiger partial charge in [0.15, 0.2) is 12.2 Å². The van der Waals surface area contributed by atoms with Gasteiger partial charge in [-0.05, 0) is 98.5 Å². The fourth-order valence-corrected chi connectivity index (χ4v) is 5.62. The molecule has 4 atom stereocenters. The summed E-state index contributed by atoms with van der Waals surface area (Å²) in [5, 5.41) is 0. The summed E-state index contributed by atoms with van der Waals surface area (Å²) < 4.78 is 58.1. The van der Waals surface area contributed by atoms with Crippen molar-refractivity contribution in [3.8, 4) is 17.2 Å². The van der Waals surface area contributed by atoms with Gasteiger partial charge in [0, 0.05) is 12.2 Å². The van der Waals surface area contributed by atoms with Crippen LogP contribution < -0.4 is 14.2 Å². The second kappa shape index (κ2) is 22.9. The van der Waals surface area contributed by atoms with Gasteiger partial charge in [-0.3, -0.25) is 0 Å². The highest BCUT2D eigenvalue weighted by atomic mass is 16.7. The molecule has 18 heteroatoms. The number of fused-ring (bicyclic) bond motifs is 1. The third-order valence-corrected chi connectivity index (χ3v) is 8.70. The van der Waals surface area contributed by atoms with Crippen LogP contribution in [0.3, 0.4) is 0 Å². The van der Waals surface area contributed by atoms with Crippen LogP contribution in [0.25, 0.3) is 0 Å². The molecule has 61 heavy (non-hydrogen) atoms. The third-order valence-electron chi connectivity index (χ3n) is 8.70. The lowest BCUT2D eigenvalue weighted by Gasteiger charge is -2.17. The number of unbranched alkanes of at least 4 members (excludes halogenated alkanes) is 2. The minimum Gasteiger partial charge on any atom is -0.463 e. The largest absolute Gasteiger partial charge is 0.513 e. The highest BCUT2D eigenvalue weighted by Gasteiger charge is 2.51. The molecule has 0 radical (unpaired) electrons. The molecule has 0 N–H and O–H groups in total. The quantitative estimate of drug-likeness (QED) is 0.0342. The number of carbonyl (C=O) groups is 7. The Morgan fingerprint density at radius 3 is 1.16 bits per heavy atom. The van der Waals surface area contributed by atoms with Crippen LogP contribution in [0.1, 0.15) is 56.8 Å². The molecule has 0 bridgehead atoms. The summed E-state index contributed by atoms with van der Waals surface area (Å²) in [6.45, 7) is 7.04. The van der Waals surface area contributed by atoms with Crippen LogP contribution in [0.4, 0.5) is 9.59 Å². The van der Waals surface area contributed by atoms with Crippen LogP contribution in [-0.2, 0) is 47.5 Å². The standard InChI is InChI=1S/C43H42O18/c1-3-35(44)51-21-5-7-23-53-42(49)58-31-17-11-27(12-18-31)39(46)57-30-15-9-28(10-16-30)40(47)60-33-25-55-38-34(26-56-37(33)38)61-41(48)29-13-19-32(20-14-29)59-43(50)54-24-8-6-22-52-36(45)4-2/h3-4,9-20,33-34,37-38H,1-2,5-8,21-26H2/t33-,34+,37?,38?/m0/s1. The van der Waals surface area contributed by atoms with E-state index in [9.17, 15) is 33.6 Å². The number of benzene rings is 3. The maximum Gasteiger partial charge on any atom is 0.513 e. The molecule has 2 heterocycles. The molecule has 3 aromatic carbocycles. The monoisotopic (exact) mass is 846 g/mol. The SMILES string of the molecule is C=CC(=O)OCCCCOC(=O)Oc1ccc(C(=O)Oc2ccc(C(=O)O[C@H]3COC4C3OC[C@H]4OC(=O)c3ccc(OC(=O)OCCCCOC(=O)C=C)cc3)cc2)cc1. The number of hydrogen-bond acceptors (Lipinski definition) is 18. The maximum absolute atomic E-state index is 13.0. The van der Waals surface area contributed by atoms with Gasteiger partial charge in [-0.25, -0.2) is 33.6 Å². The van der Waals surface area contributed by atoms with E-state index in [1.54, 1.807) is 0 Å². The lowest BCUT2D eigenvalue weighted by molar-refractivity contribution is -0.138. The number of hydrogen-bond donors (Lipinski definition) is 0. The van der Waals surface area contributed by atoms with E-state index < -0.39 is 66.6 Å². The molecule has 0 aliphatic carbocycles. The summed E-state index contributed by atoms with van der Waals surface area (Å²) in [5.41, 5.74) is 0.498. The van der Waals surface area contributed by atoms with Gasteiger partial charge >= 0.3 is 42.2 Å². The Morgan fingerprint density at radius 1 is 0.475 bits per heavy atom. The van der Waals surface area contributed by atoms with Gasteiger partial charge in [-0.15, -0.1) is 0 Å². The zero-order valence-corrected chi connectivity index (χ0v) is 32.7. The predicted octanol–water partition coefficient (Wildman–Crippen LogP) is 5.50. The van der Waals surface area contributed by atoms with Crippen molar-refractivity contribution in [2.24, 2.45) is 0 Å². The number of carbonyl (C=O) groups excluding carboxylic acids is 7. The van der Waals surface area contributed by atoms with Crippen LogP contribution >= 0.6 is 0 Å². The van der Waals surface area contributed by atoms with E-state index in [1.165, 1.54) is 72.8 Å². The molecule has 322 valence electrons. The molecular weight excluding hydrogens is 804 g/mol. The highest BCUT2D eigenvalue weighted by Crippen LogP contribution is 2.32. The topological polar surface area (TPSA) is 221 Å².